The smallest absolute Gasteiger partial charge is 0.303 e. The summed E-state index contributed by atoms with van der Waals surface area (Å²) < 4.78 is 0. The Morgan fingerprint density at radius 3 is 2.00 bits per heavy atom. The first-order valence-corrected chi connectivity index (χ1v) is 9.27. The molecule has 0 unspecified atom stereocenters. The molecular formula is C22H34O2. The SMILES string of the molecule is CCCCCC=CCC=CCC=CC=CC=CCCCCC(=O)O. The fourth-order valence-corrected chi connectivity index (χ4v) is 2.07. The van der Waals surface area contributed by atoms with E-state index < -0.39 is 5.97 Å². The number of allylic oxidation sites excluding steroid dienone is 10. The molecule has 0 heterocycles. The number of rotatable bonds is 15. The van der Waals surface area contributed by atoms with Gasteiger partial charge < -0.3 is 5.11 Å². The van der Waals surface area contributed by atoms with Crippen LogP contribution in [0.5, 0.6) is 0 Å². The maximum absolute atomic E-state index is 10.3. The highest BCUT2D eigenvalue weighted by Crippen LogP contribution is 2.01. The van der Waals surface area contributed by atoms with Crippen LogP contribution in [0.4, 0.5) is 0 Å². The molecule has 1 N–H and O–H groups in total. The van der Waals surface area contributed by atoms with Gasteiger partial charge in [-0.25, -0.2) is 0 Å². The standard InChI is InChI=1S/C22H34O2/c1-2-3-4-5-6-7-8-9-10-11-12-13-14-15-16-17-18-19-20-21-22(23)24/h6-7,9-10,12-17H,2-5,8,11,18-21H2,1H3,(H,23,24). The molecule has 0 spiro atoms. The quantitative estimate of drug-likeness (QED) is 0.204. The van der Waals surface area contributed by atoms with E-state index >= 15 is 0 Å². The second-order valence-corrected chi connectivity index (χ2v) is 5.79. The van der Waals surface area contributed by atoms with Crippen LogP contribution in [0.3, 0.4) is 0 Å². The zero-order valence-electron chi connectivity index (χ0n) is 15.2. The second-order valence-electron chi connectivity index (χ2n) is 5.79. The van der Waals surface area contributed by atoms with Gasteiger partial charge in [0.2, 0.25) is 0 Å². The molecule has 0 radical (unpaired) electrons. The number of hydrogen-bond acceptors (Lipinski definition) is 1. The first kappa shape index (κ1) is 22.2. The number of hydrogen-bond donors (Lipinski definition) is 1. The summed E-state index contributed by atoms with van der Waals surface area (Å²) in [6.45, 7) is 2.23. The molecule has 134 valence electrons. The molecule has 0 bridgehead atoms. The van der Waals surface area contributed by atoms with Crippen molar-refractivity contribution in [3.05, 3.63) is 60.8 Å². The van der Waals surface area contributed by atoms with E-state index in [1.165, 1.54) is 25.7 Å². The highest BCUT2D eigenvalue weighted by atomic mass is 16.4. The van der Waals surface area contributed by atoms with Crippen molar-refractivity contribution in [3.8, 4) is 0 Å². The largest absolute Gasteiger partial charge is 0.481 e. The number of aliphatic carboxylic acids is 1. The van der Waals surface area contributed by atoms with Gasteiger partial charge >= 0.3 is 5.97 Å². The van der Waals surface area contributed by atoms with Crippen molar-refractivity contribution in [1.29, 1.82) is 0 Å². The van der Waals surface area contributed by atoms with E-state index in [1.54, 1.807) is 0 Å². The molecule has 0 aliphatic carbocycles. The zero-order chi connectivity index (χ0) is 17.7. The molecule has 0 fully saturated rings. The lowest BCUT2D eigenvalue weighted by atomic mass is 10.2. The van der Waals surface area contributed by atoms with Crippen LogP contribution in [0.15, 0.2) is 60.8 Å². The predicted molar refractivity (Wildman–Crippen MR) is 105 cm³/mol. The molecule has 0 rings (SSSR count). The lowest BCUT2D eigenvalue weighted by molar-refractivity contribution is -0.137. The molecule has 0 saturated carbocycles. The Bertz CT molecular complexity index is 425. The fraction of sp³-hybridized carbons (Fsp3) is 0.500. The minimum absolute atomic E-state index is 0.272. The van der Waals surface area contributed by atoms with E-state index in [1.807, 2.05) is 18.2 Å². The van der Waals surface area contributed by atoms with Gasteiger partial charge in [0, 0.05) is 6.42 Å². The van der Waals surface area contributed by atoms with Crippen LogP contribution in [0.1, 0.15) is 71.1 Å². The van der Waals surface area contributed by atoms with Crippen LogP contribution < -0.4 is 0 Å². The number of unbranched alkanes of at least 4 members (excludes halogenated alkanes) is 5. The van der Waals surface area contributed by atoms with Crippen LogP contribution in [0.2, 0.25) is 0 Å². The van der Waals surface area contributed by atoms with Crippen LogP contribution in [0, 0.1) is 0 Å². The molecule has 0 aliphatic heterocycles. The molecule has 0 aromatic heterocycles. The fourth-order valence-electron chi connectivity index (χ4n) is 2.07. The summed E-state index contributed by atoms with van der Waals surface area (Å²) in [5.41, 5.74) is 0. The summed E-state index contributed by atoms with van der Waals surface area (Å²) in [6, 6.07) is 0. The van der Waals surface area contributed by atoms with Crippen LogP contribution in [-0.4, -0.2) is 11.1 Å². The third-order valence-electron chi connectivity index (χ3n) is 3.47. The van der Waals surface area contributed by atoms with Crippen LogP contribution >= 0.6 is 0 Å². The van der Waals surface area contributed by atoms with Gasteiger partial charge in [-0.3, -0.25) is 4.79 Å². The summed E-state index contributed by atoms with van der Waals surface area (Å²) in [4.78, 5) is 10.3. The Kier molecular flexibility index (Phi) is 17.8. The third-order valence-corrected chi connectivity index (χ3v) is 3.47. The maximum Gasteiger partial charge on any atom is 0.303 e. The van der Waals surface area contributed by atoms with Gasteiger partial charge in [0.05, 0.1) is 0 Å². The van der Waals surface area contributed by atoms with Gasteiger partial charge in [-0.05, 0) is 44.9 Å². The van der Waals surface area contributed by atoms with E-state index in [0.717, 1.165) is 32.1 Å². The van der Waals surface area contributed by atoms with Crippen molar-refractivity contribution in [2.75, 3.05) is 0 Å². The van der Waals surface area contributed by atoms with Crippen molar-refractivity contribution in [1.82, 2.24) is 0 Å². The molecule has 0 aliphatic rings. The van der Waals surface area contributed by atoms with Gasteiger partial charge in [0.1, 0.15) is 0 Å². The highest BCUT2D eigenvalue weighted by molar-refractivity contribution is 5.66. The lowest BCUT2D eigenvalue weighted by Crippen LogP contribution is -1.92. The predicted octanol–water partition coefficient (Wildman–Crippen LogP) is 6.77. The Morgan fingerprint density at radius 2 is 1.29 bits per heavy atom. The minimum Gasteiger partial charge on any atom is -0.481 e. The van der Waals surface area contributed by atoms with Crippen molar-refractivity contribution in [2.24, 2.45) is 0 Å². The van der Waals surface area contributed by atoms with E-state index in [-0.39, 0.29) is 6.42 Å². The van der Waals surface area contributed by atoms with E-state index in [2.05, 4.69) is 49.5 Å². The molecule has 0 aromatic rings. The second kappa shape index (κ2) is 19.2. The number of carbonyl (C=O) groups is 1. The third kappa shape index (κ3) is 20.2. The zero-order valence-corrected chi connectivity index (χ0v) is 15.2. The Hall–Kier alpha value is -1.83. The average Bonchev–Trinajstić information content (AvgIpc) is 2.56. The monoisotopic (exact) mass is 330 g/mol. The minimum atomic E-state index is -0.707. The Morgan fingerprint density at radius 1 is 0.708 bits per heavy atom. The topological polar surface area (TPSA) is 37.3 Å². The Balaban J connectivity index is 3.50. The molecule has 24 heavy (non-hydrogen) atoms. The summed E-state index contributed by atoms with van der Waals surface area (Å²) >= 11 is 0. The normalized spacial score (nSPS) is 12.7. The lowest BCUT2D eigenvalue weighted by Gasteiger charge is -1.91. The van der Waals surface area contributed by atoms with Gasteiger partial charge in [-0.15, -0.1) is 0 Å². The van der Waals surface area contributed by atoms with Gasteiger partial charge in [0.25, 0.3) is 0 Å². The maximum atomic E-state index is 10.3. The van der Waals surface area contributed by atoms with Crippen molar-refractivity contribution < 1.29 is 9.90 Å². The summed E-state index contributed by atoms with van der Waals surface area (Å²) in [5, 5.41) is 8.51. The van der Waals surface area contributed by atoms with Gasteiger partial charge in [0.15, 0.2) is 0 Å². The average molecular weight is 331 g/mol. The van der Waals surface area contributed by atoms with E-state index in [0.29, 0.717) is 0 Å². The molecular weight excluding hydrogens is 296 g/mol. The van der Waals surface area contributed by atoms with Gasteiger partial charge in [-0.1, -0.05) is 80.5 Å². The molecule has 0 saturated heterocycles. The molecule has 2 heteroatoms. The first-order valence-electron chi connectivity index (χ1n) is 9.27. The number of carboxylic acids is 1. The summed E-state index contributed by atoms with van der Waals surface area (Å²) in [7, 11) is 0. The summed E-state index contributed by atoms with van der Waals surface area (Å²) in [5.74, 6) is -0.707. The first-order chi connectivity index (χ1) is 11.8. The highest BCUT2D eigenvalue weighted by Gasteiger charge is 1.93. The number of carboxylic acid groups (broad SMARTS) is 1. The van der Waals surface area contributed by atoms with Gasteiger partial charge in [-0.2, -0.15) is 0 Å². The molecule has 2 nitrogen and oxygen atoms in total. The van der Waals surface area contributed by atoms with Crippen molar-refractivity contribution in [2.45, 2.75) is 71.1 Å². The molecule has 0 atom stereocenters. The summed E-state index contributed by atoms with van der Waals surface area (Å²) in [6.07, 6.45) is 31.3. The van der Waals surface area contributed by atoms with E-state index in [9.17, 15) is 4.79 Å². The molecule has 0 amide bonds. The molecule has 0 aromatic carbocycles. The van der Waals surface area contributed by atoms with Crippen LogP contribution in [0.25, 0.3) is 0 Å². The van der Waals surface area contributed by atoms with E-state index in [4.69, 9.17) is 5.11 Å². The van der Waals surface area contributed by atoms with Crippen LogP contribution in [-0.2, 0) is 4.79 Å². The van der Waals surface area contributed by atoms with Crippen molar-refractivity contribution in [3.63, 3.8) is 0 Å². The van der Waals surface area contributed by atoms with Crippen molar-refractivity contribution >= 4 is 5.97 Å². The Labute approximate surface area is 148 Å².